The average Bonchev–Trinajstić information content (AvgIpc) is 2.52. The molecule has 0 bridgehead atoms. The minimum absolute atomic E-state index is 0.0547. The first-order valence-electron chi connectivity index (χ1n) is 7.66. The van der Waals surface area contributed by atoms with Crippen molar-refractivity contribution in [2.75, 3.05) is 6.61 Å². The highest BCUT2D eigenvalue weighted by atomic mass is 16.5. The van der Waals surface area contributed by atoms with Crippen LogP contribution >= 0.6 is 0 Å². The van der Waals surface area contributed by atoms with Crippen molar-refractivity contribution < 1.29 is 9.53 Å². The first kappa shape index (κ1) is 16.1. The molecule has 2 aromatic carbocycles. The van der Waals surface area contributed by atoms with Gasteiger partial charge in [0.1, 0.15) is 5.75 Å². The molecule has 22 heavy (non-hydrogen) atoms. The summed E-state index contributed by atoms with van der Waals surface area (Å²) in [5, 5.41) is 2.97. The number of carbonyl (C=O) groups is 1. The summed E-state index contributed by atoms with van der Waals surface area (Å²) < 4.78 is 5.50. The number of nitrogens with one attached hydrogen (secondary N) is 1. The second-order valence-corrected chi connectivity index (χ2v) is 5.60. The lowest BCUT2D eigenvalue weighted by molar-refractivity contribution is -0.123. The fraction of sp³-hybridized carbons (Fsp3) is 0.316. The maximum atomic E-state index is 11.9. The van der Waals surface area contributed by atoms with E-state index in [0.29, 0.717) is 0 Å². The molecule has 1 amide bonds. The number of hydrogen-bond donors (Lipinski definition) is 1. The minimum atomic E-state index is -0.0814. The molecule has 0 fully saturated rings. The highest BCUT2D eigenvalue weighted by Crippen LogP contribution is 2.12. The number of benzene rings is 2. The van der Waals surface area contributed by atoms with E-state index in [1.54, 1.807) is 0 Å². The normalized spacial score (nSPS) is 11.7. The highest BCUT2D eigenvalue weighted by molar-refractivity contribution is 5.77. The van der Waals surface area contributed by atoms with E-state index in [1.165, 1.54) is 5.56 Å². The molecule has 2 rings (SSSR count). The molecule has 116 valence electrons. The molecule has 0 radical (unpaired) electrons. The van der Waals surface area contributed by atoms with Crippen LogP contribution in [-0.4, -0.2) is 18.6 Å². The quantitative estimate of drug-likeness (QED) is 0.849. The predicted molar refractivity (Wildman–Crippen MR) is 89.0 cm³/mol. The molecule has 1 atom stereocenters. The smallest absolute Gasteiger partial charge is 0.258 e. The summed E-state index contributed by atoms with van der Waals surface area (Å²) in [6.07, 6.45) is 1.88. The Balaban J connectivity index is 1.70. The maximum absolute atomic E-state index is 11.9. The number of aryl methyl sites for hydroxylation is 2. The first-order chi connectivity index (χ1) is 10.6. The maximum Gasteiger partial charge on any atom is 0.258 e. The van der Waals surface area contributed by atoms with Crippen molar-refractivity contribution in [1.29, 1.82) is 0 Å². The summed E-state index contributed by atoms with van der Waals surface area (Å²) in [5.41, 5.74) is 2.41. The Morgan fingerprint density at radius 2 is 1.91 bits per heavy atom. The monoisotopic (exact) mass is 297 g/mol. The van der Waals surface area contributed by atoms with Crippen LogP contribution in [-0.2, 0) is 11.2 Å². The summed E-state index contributed by atoms with van der Waals surface area (Å²) in [6.45, 7) is 4.07. The number of carbonyl (C=O) groups excluding carboxylic acids is 1. The van der Waals surface area contributed by atoms with Crippen LogP contribution in [0.2, 0.25) is 0 Å². The number of ether oxygens (including phenoxy) is 1. The van der Waals surface area contributed by atoms with Crippen LogP contribution in [0.5, 0.6) is 5.75 Å². The van der Waals surface area contributed by atoms with Crippen molar-refractivity contribution in [2.45, 2.75) is 32.7 Å². The van der Waals surface area contributed by atoms with Gasteiger partial charge in [0, 0.05) is 6.04 Å². The fourth-order valence-electron chi connectivity index (χ4n) is 2.27. The van der Waals surface area contributed by atoms with Crippen LogP contribution in [0.25, 0.3) is 0 Å². The van der Waals surface area contributed by atoms with Gasteiger partial charge in [0.25, 0.3) is 5.91 Å². The predicted octanol–water partition coefficient (Wildman–Crippen LogP) is 3.51. The molecule has 0 aliphatic heterocycles. The summed E-state index contributed by atoms with van der Waals surface area (Å²) in [5.74, 6) is 0.647. The Morgan fingerprint density at radius 3 is 2.64 bits per heavy atom. The van der Waals surface area contributed by atoms with Crippen molar-refractivity contribution in [1.82, 2.24) is 5.32 Å². The van der Waals surface area contributed by atoms with Gasteiger partial charge in [0.15, 0.2) is 6.61 Å². The van der Waals surface area contributed by atoms with Crippen molar-refractivity contribution >= 4 is 5.91 Å². The minimum Gasteiger partial charge on any atom is -0.484 e. The molecule has 0 aliphatic rings. The van der Waals surface area contributed by atoms with Crippen LogP contribution in [0, 0.1) is 6.92 Å². The third-order valence-electron chi connectivity index (χ3n) is 3.48. The molecular formula is C19H23NO2. The third kappa shape index (κ3) is 5.60. The summed E-state index contributed by atoms with van der Waals surface area (Å²) in [6, 6.07) is 18.1. The van der Waals surface area contributed by atoms with Crippen molar-refractivity contribution in [3.63, 3.8) is 0 Å². The van der Waals surface area contributed by atoms with E-state index in [0.717, 1.165) is 24.2 Å². The van der Waals surface area contributed by atoms with Gasteiger partial charge in [-0.3, -0.25) is 4.79 Å². The lowest BCUT2D eigenvalue weighted by Crippen LogP contribution is -2.36. The zero-order valence-corrected chi connectivity index (χ0v) is 13.2. The molecule has 2 aromatic rings. The van der Waals surface area contributed by atoms with Gasteiger partial charge in [-0.1, -0.05) is 42.5 Å². The van der Waals surface area contributed by atoms with Crippen LogP contribution in [0.3, 0.4) is 0 Å². The largest absolute Gasteiger partial charge is 0.484 e. The van der Waals surface area contributed by atoms with Gasteiger partial charge in [0.05, 0.1) is 0 Å². The Morgan fingerprint density at radius 1 is 1.14 bits per heavy atom. The molecule has 0 spiro atoms. The Hall–Kier alpha value is -2.29. The molecule has 0 saturated heterocycles. The van der Waals surface area contributed by atoms with Gasteiger partial charge in [-0.25, -0.2) is 0 Å². The van der Waals surface area contributed by atoms with E-state index < -0.39 is 0 Å². The van der Waals surface area contributed by atoms with E-state index in [4.69, 9.17) is 4.74 Å². The summed E-state index contributed by atoms with van der Waals surface area (Å²) in [4.78, 5) is 11.9. The third-order valence-corrected chi connectivity index (χ3v) is 3.48. The number of rotatable bonds is 7. The second-order valence-electron chi connectivity index (χ2n) is 5.60. The summed E-state index contributed by atoms with van der Waals surface area (Å²) in [7, 11) is 0. The van der Waals surface area contributed by atoms with Crippen molar-refractivity contribution in [3.05, 3.63) is 65.7 Å². The van der Waals surface area contributed by atoms with Gasteiger partial charge in [-0.2, -0.15) is 0 Å². The van der Waals surface area contributed by atoms with Gasteiger partial charge in [-0.15, -0.1) is 0 Å². The molecule has 0 aromatic heterocycles. The molecule has 0 saturated carbocycles. The second kappa shape index (κ2) is 8.23. The lowest BCUT2D eigenvalue weighted by Gasteiger charge is -2.14. The van der Waals surface area contributed by atoms with E-state index in [9.17, 15) is 4.79 Å². The fourth-order valence-corrected chi connectivity index (χ4v) is 2.27. The van der Waals surface area contributed by atoms with Gasteiger partial charge in [0.2, 0.25) is 0 Å². The Bertz CT molecular complexity index is 595. The topological polar surface area (TPSA) is 38.3 Å². The van der Waals surface area contributed by atoms with Crippen LogP contribution in [0.15, 0.2) is 54.6 Å². The van der Waals surface area contributed by atoms with Crippen molar-refractivity contribution in [3.8, 4) is 5.75 Å². The van der Waals surface area contributed by atoms with Crippen LogP contribution < -0.4 is 10.1 Å². The molecule has 3 nitrogen and oxygen atoms in total. The average molecular weight is 297 g/mol. The molecule has 0 aliphatic carbocycles. The molecule has 1 N–H and O–H groups in total. The van der Waals surface area contributed by atoms with E-state index >= 15 is 0 Å². The van der Waals surface area contributed by atoms with E-state index in [1.807, 2.05) is 56.3 Å². The first-order valence-corrected chi connectivity index (χ1v) is 7.66. The highest BCUT2D eigenvalue weighted by Gasteiger charge is 2.08. The number of hydrogen-bond acceptors (Lipinski definition) is 2. The van der Waals surface area contributed by atoms with Gasteiger partial charge >= 0.3 is 0 Å². The van der Waals surface area contributed by atoms with Crippen LogP contribution in [0.4, 0.5) is 0 Å². The van der Waals surface area contributed by atoms with E-state index in [-0.39, 0.29) is 18.6 Å². The van der Waals surface area contributed by atoms with E-state index in [2.05, 4.69) is 17.4 Å². The van der Waals surface area contributed by atoms with Crippen LogP contribution in [0.1, 0.15) is 24.5 Å². The number of amides is 1. The lowest BCUT2D eigenvalue weighted by atomic mass is 10.1. The zero-order valence-electron chi connectivity index (χ0n) is 13.2. The SMILES string of the molecule is Cc1cccc(OCC(=O)NC(C)CCc2ccccc2)c1. The Labute approximate surface area is 132 Å². The molecule has 3 heteroatoms. The molecule has 1 unspecified atom stereocenters. The molecular weight excluding hydrogens is 274 g/mol. The standard InChI is InChI=1S/C19H23NO2/c1-15-7-6-10-18(13-15)22-14-19(21)20-16(2)11-12-17-8-4-3-5-9-17/h3-10,13,16H,11-12,14H2,1-2H3,(H,20,21). The van der Waals surface area contributed by atoms with Gasteiger partial charge in [-0.05, 0) is 49.9 Å². The van der Waals surface area contributed by atoms with Gasteiger partial charge < -0.3 is 10.1 Å². The molecule has 0 heterocycles. The van der Waals surface area contributed by atoms with Crippen molar-refractivity contribution in [2.24, 2.45) is 0 Å². The summed E-state index contributed by atoms with van der Waals surface area (Å²) >= 11 is 0. The zero-order chi connectivity index (χ0) is 15.8. The Kier molecular flexibility index (Phi) is 6.01.